The highest BCUT2D eigenvalue weighted by Gasteiger charge is 2.22. The Kier molecular flexibility index (Phi) is 4.81. The molecule has 0 spiro atoms. The van der Waals surface area contributed by atoms with Crippen LogP contribution in [-0.4, -0.2) is 20.8 Å². The van der Waals surface area contributed by atoms with Crippen molar-refractivity contribution >= 4 is 21.6 Å². The second-order valence-electron chi connectivity index (χ2n) is 5.39. The topological polar surface area (TPSA) is 46.2 Å². The molecule has 0 unspecified atom stereocenters. The molecule has 3 nitrogen and oxygen atoms in total. The molecule has 18 heavy (non-hydrogen) atoms. The van der Waals surface area contributed by atoms with Crippen molar-refractivity contribution in [2.75, 3.05) is 12.4 Å². The summed E-state index contributed by atoms with van der Waals surface area (Å²) in [7, 11) is -3.46. The predicted molar refractivity (Wildman–Crippen MR) is 75.6 cm³/mol. The van der Waals surface area contributed by atoms with E-state index in [9.17, 15) is 8.42 Å². The van der Waals surface area contributed by atoms with Crippen molar-refractivity contribution in [3.05, 3.63) is 29.3 Å². The molecular weight excluding hydrogens is 270 g/mol. The van der Waals surface area contributed by atoms with Gasteiger partial charge in [-0.3, -0.25) is 0 Å². The van der Waals surface area contributed by atoms with E-state index in [1.54, 1.807) is 19.1 Å². The number of alkyl halides is 1. The van der Waals surface area contributed by atoms with Crippen molar-refractivity contribution in [1.29, 1.82) is 0 Å². The Labute approximate surface area is 115 Å². The van der Waals surface area contributed by atoms with E-state index in [-0.39, 0.29) is 5.41 Å². The van der Waals surface area contributed by atoms with E-state index < -0.39 is 10.0 Å². The third-order valence-corrected chi connectivity index (χ3v) is 5.01. The first-order valence-corrected chi connectivity index (χ1v) is 7.83. The Balaban J connectivity index is 2.94. The molecule has 0 bridgehead atoms. The zero-order valence-electron chi connectivity index (χ0n) is 11.2. The van der Waals surface area contributed by atoms with E-state index in [4.69, 9.17) is 11.6 Å². The minimum Gasteiger partial charge on any atom is -0.211 e. The molecule has 0 aliphatic heterocycles. The van der Waals surface area contributed by atoms with E-state index in [0.717, 1.165) is 11.1 Å². The number of sulfonamides is 1. The second-order valence-corrected chi connectivity index (χ2v) is 7.39. The fourth-order valence-electron chi connectivity index (χ4n) is 1.52. The van der Waals surface area contributed by atoms with E-state index in [2.05, 4.69) is 4.72 Å². The number of aryl methyl sites for hydroxylation is 2. The van der Waals surface area contributed by atoms with Crippen LogP contribution in [0.3, 0.4) is 0 Å². The van der Waals surface area contributed by atoms with Gasteiger partial charge in [0.05, 0.1) is 4.90 Å². The predicted octanol–water partition coefficient (Wildman–Crippen LogP) is 2.85. The molecule has 1 N–H and O–H groups in total. The lowest BCUT2D eigenvalue weighted by molar-refractivity contribution is 0.414. The maximum absolute atomic E-state index is 12.2. The summed E-state index contributed by atoms with van der Waals surface area (Å²) in [6, 6.07) is 5.30. The number of rotatable bonds is 5. The van der Waals surface area contributed by atoms with Gasteiger partial charge in [0.25, 0.3) is 0 Å². The number of hydrogen-bond acceptors (Lipinski definition) is 2. The summed E-state index contributed by atoms with van der Waals surface area (Å²) in [6.07, 6.45) is 0. The molecule has 1 aromatic rings. The van der Waals surface area contributed by atoms with Crippen molar-refractivity contribution in [3.63, 3.8) is 0 Å². The molecule has 0 radical (unpaired) electrons. The number of nitrogens with one attached hydrogen (secondary N) is 1. The van der Waals surface area contributed by atoms with Crippen LogP contribution >= 0.6 is 11.6 Å². The van der Waals surface area contributed by atoms with Crippen molar-refractivity contribution in [2.24, 2.45) is 5.41 Å². The first-order valence-electron chi connectivity index (χ1n) is 5.81. The largest absolute Gasteiger partial charge is 0.240 e. The summed E-state index contributed by atoms with van der Waals surface area (Å²) in [5, 5.41) is 0. The molecule has 0 amide bonds. The maximum atomic E-state index is 12.2. The van der Waals surface area contributed by atoms with Crippen molar-refractivity contribution in [3.8, 4) is 0 Å². The average Bonchev–Trinajstić information content (AvgIpc) is 2.26. The van der Waals surface area contributed by atoms with Crippen LogP contribution in [0.2, 0.25) is 0 Å². The van der Waals surface area contributed by atoms with Gasteiger partial charge in [-0.2, -0.15) is 0 Å². The Morgan fingerprint density at radius 3 is 2.39 bits per heavy atom. The highest BCUT2D eigenvalue weighted by atomic mass is 35.5. The van der Waals surface area contributed by atoms with Crippen molar-refractivity contribution in [1.82, 2.24) is 4.72 Å². The molecule has 102 valence electrons. The van der Waals surface area contributed by atoms with Crippen LogP contribution in [0.25, 0.3) is 0 Å². The second kappa shape index (κ2) is 5.59. The monoisotopic (exact) mass is 289 g/mol. The van der Waals surface area contributed by atoms with Crippen LogP contribution in [0, 0.1) is 19.3 Å². The molecule has 0 saturated carbocycles. The fourth-order valence-corrected chi connectivity index (χ4v) is 3.08. The SMILES string of the molecule is Cc1ccc(S(=O)(=O)NCC(C)(C)CCl)c(C)c1. The first kappa shape index (κ1) is 15.5. The zero-order chi connectivity index (χ0) is 14.0. The maximum Gasteiger partial charge on any atom is 0.240 e. The van der Waals surface area contributed by atoms with Crippen LogP contribution in [-0.2, 0) is 10.0 Å². The molecule has 0 atom stereocenters. The van der Waals surface area contributed by atoms with Crippen LogP contribution in [0.5, 0.6) is 0 Å². The lowest BCUT2D eigenvalue weighted by atomic mass is 9.97. The number of benzene rings is 1. The summed E-state index contributed by atoms with van der Waals surface area (Å²) < 4.78 is 27.0. The van der Waals surface area contributed by atoms with Crippen LogP contribution < -0.4 is 4.72 Å². The van der Waals surface area contributed by atoms with Gasteiger partial charge in [0, 0.05) is 12.4 Å². The van der Waals surface area contributed by atoms with Gasteiger partial charge in [-0.15, -0.1) is 11.6 Å². The van der Waals surface area contributed by atoms with Crippen molar-refractivity contribution in [2.45, 2.75) is 32.6 Å². The fraction of sp³-hybridized carbons (Fsp3) is 0.538. The van der Waals surface area contributed by atoms with Gasteiger partial charge in [0.2, 0.25) is 10.0 Å². The van der Waals surface area contributed by atoms with E-state index in [0.29, 0.717) is 17.3 Å². The van der Waals surface area contributed by atoms with Gasteiger partial charge in [0.15, 0.2) is 0 Å². The normalized spacial score (nSPS) is 12.7. The van der Waals surface area contributed by atoms with Crippen LogP contribution in [0.15, 0.2) is 23.1 Å². The Bertz CT molecular complexity index is 524. The molecule has 5 heteroatoms. The average molecular weight is 290 g/mol. The third kappa shape index (κ3) is 3.97. The number of hydrogen-bond donors (Lipinski definition) is 1. The molecule has 0 aliphatic rings. The molecule has 0 saturated heterocycles. The summed E-state index contributed by atoms with van der Waals surface area (Å²) in [4.78, 5) is 0.332. The standard InChI is InChI=1S/C13H20ClNO2S/c1-10-5-6-12(11(2)7-10)18(16,17)15-9-13(3,4)8-14/h5-7,15H,8-9H2,1-4H3. The van der Waals surface area contributed by atoms with E-state index in [1.165, 1.54) is 0 Å². The van der Waals surface area contributed by atoms with E-state index in [1.807, 2.05) is 26.8 Å². The Morgan fingerprint density at radius 2 is 1.89 bits per heavy atom. The lowest BCUT2D eigenvalue weighted by Crippen LogP contribution is -2.35. The minimum absolute atomic E-state index is 0.257. The quantitative estimate of drug-likeness (QED) is 0.847. The van der Waals surface area contributed by atoms with Crippen LogP contribution in [0.4, 0.5) is 0 Å². The smallest absolute Gasteiger partial charge is 0.211 e. The molecule has 1 aromatic carbocycles. The van der Waals surface area contributed by atoms with E-state index >= 15 is 0 Å². The van der Waals surface area contributed by atoms with Crippen LogP contribution in [0.1, 0.15) is 25.0 Å². The molecule has 0 heterocycles. The number of halogens is 1. The lowest BCUT2D eigenvalue weighted by Gasteiger charge is -2.22. The molecule has 1 rings (SSSR count). The van der Waals surface area contributed by atoms with Gasteiger partial charge in [-0.25, -0.2) is 13.1 Å². The third-order valence-electron chi connectivity index (χ3n) is 2.72. The molecule has 0 aliphatic carbocycles. The summed E-state index contributed by atoms with van der Waals surface area (Å²) in [6.45, 7) is 7.91. The Morgan fingerprint density at radius 1 is 1.28 bits per heavy atom. The zero-order valence-corrected chi connectivity index (χ0v) is 12.8. The first-order chi connectivity index (χ1) is 8.18. The summed E-state index contributed by atoms with van der Waals surface area (Å²) in [5.74, 6) is 0.405. The molecule has 0 aromatic heterocycles. The highest BCUT2D eigenvalue weighted by molar-refractivity contribution is 7.89. The minimum atomic E-state index is -3.46. The highest BCUT2D eigenvalue weighted by Crippen LogP contribution is 2.19. The van der Waals surface area contributed by atoms with Gasteiger partial charge in [0.1, 0.15) is 0 Å². The summed E-state index contributed by atoms with van der Waals surface area (Å²) >= 11 is 5.79. The molecule has 0 fully saturated rings. The summed E-state index contributed by atoms with van der Waals surface area (Å²) in [5.41, 5.74) is 1.55. The van der Waals surface area contributed by atoms with Gasteiger partial charge >= 0.3 is 0 Å². The van der Waals surface area contributed by atoms with Gasteiger partial charge in [-0.05, 0) is 30.9 Å². The Hall–Kier alpha value is -0.580. The van der Waals surface area contributed by atoms with Gasteiger partial charge < -0.3 is 0 Å². The molecular formula is C13H20ClNO2S. The van der Waals surface area contributed by atoms with Crippen molar-refractivity contribution < 1.29 is 8.42 Å². The van der Waals surface area contributed by atoms with Gasteiger partial charge in [-0.1, -0.05) is 31.5 Å².